The summed E-state index contributed by atoms with van der Waals surface area (Å²) in [5.41, 5.74) is 0.967. The zero-order chi connectivity index (χ0) is 18.7. The van der Waals surface area contributed by atoms with Gasteiger partial charge in [0.25, 0.3) is 0 Å². The van der Waals surface area contributed by atoms with Gasteiger partial charge in [-0.15, -0.1) is 24.0 Å². The molecule has 1 aromatic rings. The Morgan fingerprint density at radius 1 is 1.37 bits per heavy atom. The highest BCUT2D eigenvalue weighted by Crippen LogP contribution is 2.39. The maximum atomic E-state index is 12.5. The third kappa shape index (κ3) is 6.28. The molecular weight excluding hydrogens is 544 g/mol. The lowest BCUT2D eigenvalue weighted by Crippen LogP contribution is -2.44. The van der Waals surface area contributed by atoms with Crippen molar-refractivity contribution in [2.24, 2.45) is 4.99 Å². The quantitative estimate of drug-likeness (QED) is 0.334. The molecule has 1 saturated heterocycles. The summed E-state index contributed by atoms with van der Waals surface area (Å²) in [5, 5.41) is 6.36. The van der Waals surface area contributed by atoms with Gasteiger partial charge >= 0.3 is 6.18 Å². The van der Waals surface area contributed by atoms with Gasteiger partial charge in [-0.2, -0.15) is 13.2 Å². The number of alkyl halides is 3. The number of hydrogen-bond donors (Lipinski definition) is 2. The van der Waals surface area contributed by atoms with E-state index >= 15 is 0 Å². The van der Waals surface area contributed by atoms with E-state index in [1.54, 1.807) is 7.05 Å². The van der Waals surface area contributed by atoms with E-state index in [2.05, 4.69) is 31.6 Å². The van der Waals surface area contributed by atoms with Gasteiger partial charge in [0.2, 0.25) is 6.79 Å². The molecule has 2 N–H and O–H groups in total. The lowest BCUT2D eigenvalue weighted by Gasteiger charge is -2.20. The van der Waals surface area contributed by atoms with Gasteiger partial charge in [-0.1, -0.05) is 0 Å². The minimum absolute atomic E-state index is 0. The molecule has 27 heavy (non-hydrogen) atoms. The molecule has 1 atom stereocenters. The second-order valence-electron chi connectivity index (χ2n) is 6.22. The van der Waals surface area contributed by atoms with Crippen molar-refractivity contribution in [1.29, 1.82) is 0 Å². The highest BCUT2D eigenvalue weighted by molar-refractivity contribution is 14.0. The van der Waals surface area contributed by atoms with Crippen molar-refractivity contribution in [3.05, 3.63) is 22.2 Å². The van der Waals surface area contributed by atoms with Crippen LogP contribution >= 0.6 is 39.9 Å². The minimum atomic E-state index is -4.17. The lowest BCUT2D eigenvalue weighted by atomic mass is 10.2. The van der Waals surface area contributed by atoms with Crippen LogP contribution in [-0.2, 0) is 6.54 Å². The van der Waals surface area contributed by atoms with E-state index < -0.39 is 12.7 Å². The van der Waals surface area contributed by atoms with Crippen molar-refractivity contribution in [2.45, 2.75) is 25.2 Å². The van der Waals surface area contributed by atoms with Crippen LogP contribution in [0.5, 0.6) is 11.5 Å². The standard InChI is InChI=1S/C16H20BrF3N4O2.HI/c1-21-15(23-11-2-3-24(7-11)8-16(18,19)20)22-6-10-4-12(17)14-13(5-10)25-9-26-14;/h4-5,11H,2-3,6-9H2,1H3,(H2,21,22,23);1H. The summed E-state index contributed by atoms with van der Waals surface area (Å²) in [7, 11) is 1.63. The molecule has 1 fully saturated rings. The molecule has 6 nitrogen and oxygen atoms in total. The van der Waals surface area contributed by atoms with E-state index in [-0.39, 0.29) is 36.8 Å². The van der Waals surface area contributed by atoms with Crippen LogP contribution in [0.1, 0.15) is 12.0 Å². The lowest BCUT2D eigenvalue weighted by molar-refractivity contribution is -0.143. The topological polar surface area (TPSA) is 58.1 Å². The molecule has 0 amide bonds. The van der Waals surface area contributed by atoms with Crippen molar-refractivity contribution in [3.8, 4) is 11.5 Å². The van der Waals surface area contributed by atoms with E-state index in [4.69, 9.17) is 9.47 Å². The third-order valence-electron chi connectivity index (χ3n) is 4.19. The Labute approximate surface area is 181 Å². The normalized spacial score (nSPS) is 19.7. The van der Waals surface area contributed by atoms with E-state index in [1.165, 1.54) is 4.90 Å². The SMILES string of the molecule is CN=C(NCc1cc(Br)c2c(c1)OCO2)NC1CCN(CC(F)(F)F)C1.I. The van der Waals surface area contributed by atoms with Crippen molar-refractivity contribution in [1.82, 2.24) is 15.5 Å². The number of nitrogens with zero attached hydrogens (tertiary/aromatic N) is 2. The molecule has 1 unspecified atom stereocenters. The van der Waals surface area contributed by atoms with Crippen molar-refractivity contribution >= 4 is 45.9 Å². The first kappa shape index (κ1) is 22.3. The van der Waals surface area contributed by atoms with Crippen molar-refractivity contribution < 1.29 is 22.6 Å². The molecule has 3 rings (SSSR count). The molecule has 0 aromatic heterocycles. The Morgan fingerprint density at radius 3 is 2.85 bits per heavy atom. The van der Waals surface area contributed by atoms with Crippen LogP contribution in [-0.4, -0.2) is 56.6 Å². The number of benzene rings is 1. The molecule has 2 aliphatic rings. The second kappa shape index (κ2) is 9.50. The first-order chi connectivity index (χ1) is 12.3. The Balaban J connectivity index is 0.00000261. The Hall–Kier alpha value is -0.950. The van der Waals surface area contributed by atoms with E-state index in [9.17, 15) is 13.2 Å². The molecule has 1 aromatic carbocycles. The zero-order valence-electron chi connectivity index (χ0n) is 14.6. The number of hydrogen-bond acceptors (Lipinski definition) is 4. The van der Waals surface area contributed by atoms with E-state index in [0.29, 0.717) is 43.5 Å². The number of nitrogens with one attached hydrogen (secondary N) is 2. The predicted molar refractivity (Wildman–Crippen MR) is 110 cm³/mol. The summed E-state index contributed by atoms with van der Waals surface area (Å²) in [6, 6.07) is 3.75. The molecule has 0 aliphatic carbocycles. The molecule has 0 bridgehead atoms. The monoisotopic (exact) mass is 564 g/mol. The Morgan fingerprint density at radius 2 is 2.15 bits per heavy atom. The first-order valence-electron chi connectivity index (χ1n) is 8.18. The van der Waals surface area contributed by atoms with Gasteiger partial charge < -0.3 is 20.1 Å². The molecule has 0 saturated carbocycles. The van der Waals surface area contributed by atoms with Crippen LogP contribution in [0.4, 0.5) is 13.2 Å². The number of aliphatic imine (C=N–C) groups is 1. The van der Waals surface area contributed by atoms with Gasteiger partial charge in [-0.05, 0) is 40.0 Å². The highest BCUT2D eigenvalue weighted by atomic mass is 127. The van der Waals surface area contributed by atoms with E-state index in [0.717, 1.165) is 10.0 Å². The largest absolute Gasteiger partial charge is 0.454 e. The number of rotatable bonds is 4. The smallest absolute Gasteiger partial charge is 0.401 e. The molecule has 2 aliphatic heterocycles. The predicted octanol–water partition coefficient (Wildman–Crippen LogP) is 3.10. The molecular formula is C16H21BrF3IN4O2. The maximum absolute atomic E-state index is 12.5. The summed E-state index contributed by atoms with van der Waals surface area (Å²) in [4.78, 5) is 5.55. The maximum Gasteiger partial charge on any atom is 0.401 e. The molecule has 0 spiro atoms. The van der Waals surface area contributed by atoms with Gasteiger partial charge in [0.1, 0.15) is 0 Å². The van der Waals surface area contributed by atoms with Crippen LogP contribution < -0.4 is 20.1 Å². The van der Waals surface area contributed by atoms with Gasteiger partial charge in [-0.25, -0.2) is 0 Å². The molecule has 152 valence electrons. The highest BCUT2D eigenvalue weighted by Gasteiger charge is 2.34. The van der Waals surface area contributed by atoms with Gasteiger partial charge in [-0.3, -0.25) is 9.89 Å². The fourth-order valence-corrected chi connectivity index (χ4v) is 3.65. The van der Waals surface area contributed by atoms with Gasteiger partial charge in [0, 0.05) is 32.7 Å². The van der Waals surface area contributed by atoms with Crippen LogP contribution in [0, 0.1) is 0 Å². The summed E-state index contributed by atoms with van der Waals surface area (Å²) in [6.45, 7) is 0.583. The summed E-state index contributed by atoms with van der Waals surface area (Å²) >= 11 is 3.45. The first-order valence-corrected chi connectivity index (χ1v) is 8.97. The third-order valence-corrected chi connectivity index (χ3v) is 4.78. The number of guanidine groups is 1. The van der Waals surface area contributed by atoms with Gasteiger partial charge in [0.05, 0.1) is 11.0 Å². The summed E-state index contributed by atoms with van der Waals surface area (Å²) in [6.07, 6.45) is -3.52. The second-order valence-corrected chi connectivity index (χ2v) is 7.07. The average Bonchev–Trinajstić information content (AvgIpc) is 3.19. The fourth-order valence-electron chi connectivity index (χ4n) is 3.04. The van der Waals surface area contributed by atoms with Crippen LogP contribution in [0.2, 0.25) is 0 Å². The fraction of sp³-hybridized carbons (Fsp3) is 0.562. The number of ether oxygens (including phenoxy) is 2. The molecule has 0 radical (unpaired) electrons. The van der Waals surface area contributed by atoms with Crippen LogP contribution in [0.25, 0.3) is 0 Å². The number of fused-ring (bicyclic) bond motifs is 1. The Bertz CT molecular complexity index is 690. The van der Waals surface area contributed by atoms with Crippen LogP contribution in [0.3, 0.4) is 0 Å². The average molecular weight is 565 g/mol. The van der Waals surface area contributed by atoms with Crippen LogP contribution in [0.15, 0.2) is 21.6 Å². The van der Waals surface area contributed by atoms with Crippen molar-refractivity contribution in [3.63, 3.8) is 0 Å². The van der Waals surface area contributed by atoms with E-state index in [1.807, 2.05) is 12.1 Å². The Kier molecular flexibility index (Phi) is 7.86. The molecule has 2 heterocycles. The van der Waals surface area contributed by atoms with Crippen molar-refractivity contribution in [2.75, 3.05) is 33.5 Å². The summed E-state index contributed by atoms with van der Waals surface area (Å²) < 4.78 is 49.0. The number of likely N-dealkylation sites (tertiary alicyclic amines) is 1. The zero-order valence-corrected chi connectivity index (χ0v) is 18.5. The minimum Gasteiger partial charge on any atom is -0.454 e. The number of halogens is 5. The molecule has 11 heteroatoms. The summed E-state index contributed by atoms with van der Waals surface area (Å²) in [5.74, 6) is 1.92. The van der Waals surface area contributed by atoms with Gasteiger partial charge in [0.15, 0.2) is 17.5 Å².